The fourth-order valence-electron chi connectivity index (χ4n) is 5.06. The molecule has 0 amide bonds. The average Bonchev–Trinajstić information content (AvgIpc) is 2.61. The van der Waals surface area contributed by atoms with Crippen molar-refractivity contribution in [2.45, 2.75) is 64.7 Å². The van der Waals surface area contributed by atoms with Crippen molar-refractivity contribution in [3.63, 3.8) is 0 Å². The third-order valence-corrected chi connectivity index (χ3v) is 6.62. The number of benzene rings is 1. The summed E-state index contributed by atoms with van der Waals surface area (Å²) in [6.45, 7) is 9.80. The molecule has 1 aromatic carbocycles. The van der Waals surface area contributed by atoms with E-state index in [2.05, 4.69) is 51.0 Å². The summed E-state index contributed by atoms with van der Waals surface area (Å²) in [7, 11) is 0. The molecule has 4 nitrogen and oxygen atoms in total. The highest BCUT2D eigenvalue weighted by Gasteiger charge is 2.53. The molecule has 1 unspecified atom stereocenters. The molecule has 2 aliphatic carbocycles. The first-order valence-electron chi connectivity index (χ1n) is 9.86. The van der Waals surface area contributed by atoms with Crippen LogP contribution >= 0.6 is 0 Å². The summed E-state index contributed by atoms with van der Waals surface area (Å²) in [5.41, 5.74) is 8.75. The van der Waals surface area contributed by atoms with E-state index in [0.717, 1.165) is 24.8 Å². The standard InChI is InChI=1S/C22H32N2O2/c1-15(2)16-6-7-18-17(12-16)19(25)13-20-21(3,14-24-26-11-10-23)8-5-9-22(18,20)4/h6-7,12,14-15,20H,5,8-11,13,23H2,1-4H3/b24-14+/t20?,21-,22-/m1/s1. The Kier molecular flexibility index (Phi) is 5.25. The lowest BCUT2D eigenvalue weighted by Gasteiger charge is -2.53. The van der Waals surface area contributed by atoms with Crippen molar-refractivity contribution < 1.29 is 9.63 Å². The van der Waals surface area contributed by atoms with Crippen LogP contribution < -0.4 is 5.73 Å². The van der Waals surface area contributed by atoms with E-state index < -0.39 is 0 Å². The third-order valence-electron chi connectivity index (χ3n) is 6.62. The van der Waals surface area contributed by atoms with Crippen LogP contribution in [0.3, 0.4) is 0 Å². The Morgan fingerprint density at radius 2 is 2.12 bits per heavy atom. The van der Waals surface area contributed by atoms with E-state index in [0.29, 0.717) is 25.5 Å². The number of hydrogen-bond acceptors (Lipinski definition) is 4. The van der Waals surface area contributed by atoms with Crippen LogP contribution in [-0.4, -0.2) is 25.1 Å². The Bertz CT molecular complexity index is 712. The van der Waals surface area contributed by atoms with Crippen LogP contribution in [0.15, 0.2) is 23.4 Å². The summed E-state index contributed by atoms with van der Waals surface area (Å²) in [6, 6.07) is 6.55. The lowest BCUT2D eigenvalue weighted by Crippen LogP contribution is -2.51. The molecule has 1 fully saturated rings. The Morgan fingerprint density at radius 1 is 1.35 bits per heavy atom. The molecule has 3 rings (SSSR count). The average molecular weight is 357 g/mol. The van der Waals surface area contributed by atoms with Crippen LogP contribution in [0.25, 0.3) is 0 Å². The number of nitrogens with two attached hydrogens (primary N) is 1. The number of rotatable bonds is 5. The van der Waals surface area contributed by atoms with Gasteiger partial charge in [0.15, 0.2) is 5.78 Å². The topological polar surface area (TPSA) is 64.7 Å². The molecule has 0 bridgehead atoms. The molecule has 0 heterocycles. The SMILES string of the molecule is CC(C)c1ccc2c(c1)C(=O)CC1[C@@](C)(/C=N/OCCN)CCC[C@]21C. The molecule has 4 heteroatoms. The number of fused-ring (bicyclic) bond motifs is 3. The minimum Gasteiger partial charge on any atom is -0.395 e. The van der Waals surface area contributed by atoms with Gasteiger partial charge in [0, 0.05) is 30.2 Å². The zero-order valence-corrected chi connectivity index (χ0v) is 16.5. The number of oxime groups is 1. The molecule has 0 spiro atoms. The van der Waals surface area contributed by atoms with Crippen molar-refractivity contribution >= 4 is 12.0 Å². The van der Waals surface area contributed by atoms with Crippen LogP contribution in [-0.2, 0) is 10.3 Å². The summed E-state index contributed by atoms with van der Waals surface area (Å²) >= 11 is 0. The van der Waals surface area contributed by atoms with E-state index in [1.807, 2.05) is 6.21 Å². The molecule has 142 valence electrons. The van der Waals surface area contributed by atoms with Gasteiger partial charge >= 0.3 is 0 Å². The first kappa shape index (κ1) is 19.1. The maximum absolute atomic E-state index is 13.0. The van der Waals surface area contributed by atoms with Crippen molar-refractivity contribution in [3.8, 4) is 0 Å². The second-order valence-corrected chi connectivity index (χ2v) is 8.77. The molecule has 0 radical (unpaired) electrons. The number of hydrogen-bond donors (Lipinski definition) is 1. The fourth-order valence-corrected chi connectivity index (χ4v) is 5.06. The maximum atomic E-state index is 13.0. The molecule has 2 aliphatic rings. The van der Waals surface area contributed by atoms with Crippen LogP contribution in [0.4, 0.5) is 0 Å². The van der Waals surface area contributed by atoms with E-state index in [1.54, 1.807) is 0 Å². The molecule has 26 heavy (non-hydrogen) atoms. The summed E-state index contributed by atoms with van der Waals surface area (Å²) in [5, 5.41) is 4.18. The summed E-state index contributed by atoms with van der Waals surface area (Å²) in [6.07, 6.45) is 5.81. The Labute approximate surface area is 157 Å². The Hall–Kier alpha value is -1.68. The first-order chi connectivity index (χ1) is 12.3. The lowest BCUT2D eigenvalue weighted by molar-refractivity contribution is 0.0594. The van der Waals surface area contributed by atoms with E-state index in [-0.39, 0.29) is 22.5 Å². The van der Waals surface area contributed by atoms with Gasteiger partial charge in [-0.1, -0.05) is 51.4 Å². The third kappa shape index (κ3) is 3.20. The quantitative estimate of drug-likeness (QED) is 0.482. The van der Waals surface area contributed by atoms with Crippen molar-refractivity contribution in [2.24, 2.45) is 22.2 Å². The van der Waals surface area contributed by atoms with Crippen molar-refractivity contribution in [1.29, 1.82) is 0 Å². The van der Waals surface area contributed by atoms with E-state index in [9.17, 15) is 4.79 Å². The predicted molar refractivity (Wildman–Crippen MR) is 106 cm³/mol. The zero-order chi connectivity index (χ0) is 18.9. The second kappa shape index (κ2) is 7.15. The van der Waals surface area contributed by atoms with Gasteiger partial charge in [-0.2, -0.15) is 0 Å². The van der Waals surface area contributed by atoms with Gasteiger partial charge in [0.25, 0.3) is 0 Å². The molecule has 3 atom stereocenters. The van der Waals surface area contributed by atoms with Crippen molar-refractivity contribution in [3.05, 3.63) is 34.9 Å². The Morgan fingerprint density at radius 3 is 2.81 bits per heavy atom. The van der Waals surface area contributed by atoms with E-state index in [4.69, 9.17) is 10.6 Å². The van der Waals surface area contributed by atoms with Crippen LogP contribution in [0, 0.1) is 11.3 Å². The first-order valence-corrected chi connectivity index (χ1v) is 9.86. The number of ketones is 1. The Balaban J connectivity index is 1.99. The van der Waals surface area contributed by atoms with Crippen molar-refractivity contribution in [1.82, 2.24) is 0 Å². The minimum absolute atomic E-state index is 0.00560. The number of Topliss-reactive ketones (excluding diaryl/α,β-unsaturated/α-hetero) is 1. The van der Waals surface area contributed by atoms with Crippen molar-refractivity contribution in [2.75, 3.05) is 13.2 Å². The minimum atomic E-state index is -0.133. The van der Waals surface area contributed by atoms with Gasteiger partial charge < -0.3 is 10.6 Å². The molecule has 1 aromatic rings. The van der Waals surface area contributed by atoms with Gasteiger partial charge in [-0.3, -0.25) is 4.79 Å². The number of carbonyl (C=O) groups is 1. The molecular formula is C22H32N2O2. The maximum Gasteiger partial charge on any atom is 0.163 e. The molecule has 2 N–H and O–H groups in total. The highest BCUT2D eigenvalue weighted by atomic mass is 16.6. The molecular weight excluding hydrogens is 324 g/mol. The zero-order valence-electron chi connectivity index (χ0n) is 16.5. The highest BCUT2D eigenvalue weighted by molar-refractivity contribution is 6.00. The monoisotopic (exact) mass is 356 g/mol. The number of carbonyl (C=O) groups excluding carboxylic acids is 1. The van der Waals surface area contributed by atoms with Gasteiger partial charge in [0.1, 0.15) is 6.61 Å². The smallest absolute Gasteiger partial charge is 0.163 e. The van der Waals surface area contributed by atoms with Gasteiger partial charge in [-0.25, -0.2) is 0 Å². The molecule has 1 saturated carbocycles. The molecule has 0 aromatic heterocycles. The van der Waals surface area contributed by atoms with Gasteiger partial charge in [0.2, 0.25) is 0 Å². The van der Waals surface area contributed by atoms with Gasteiger partial charge in [-0.15, -0.1) is 0 Å². The van der Waals surface area contributed by atoms with E-state index in [1.165, 1.54) is 11.1 Å². The van der Waals surface area contributed by atoms with E-state index >= 15 is 0 Å². The van der Waals surface area contributed by atoms with Crippen LogP contribution in [0.5, 0.6) is 0 Å². The van der Waals surface area contributed by atoms with Gasteiger partial charge in [0.05, 0.1) is 0 Å². The fraction of sp³-hybridized carbons (Fsp3) is 0.636. The van der Waals surface area contributed by atoms with Gasteiger partial charge in [-0.05, 0) is 47.3 Å². The normalized spacial score (nSPS) is 31.2. The lowest BCUT2D eigenvalue weighted by atomic mass is 9.50. The van der Waals surface area contributed by atoms with Crippen LogP contribution in [0.2, 0.25) is 0 Å². The number of nitrogens with zero attached hydrogens (tertiary/aromatic N) is 1. The molecule has 0 saturated heterocycles. The summed E-state index contributed by atoms with van der Waals surface area (Å²) < 4.78 is 0. The predicted octanol–water partition coefficient (Wildman–Crippen LogP) is 4.42. The summed E-state index contributed by atoms with van der Waals surface area (Å²) in [4.78, 5) is 18.3. The highest BCUT2D eigenvalue weighted by Crippen LogP contribution is 2.56. The summed E-state index contributed by atoms with van der Waals surface area (Å²) in [5.74, 6) is 0.954. The largest absolute Gasteiger partial charge is 0.395 e. The molecule has 0 aliphatic heterocycles. The van der Waals surface area contributed by atoms with Crippen LogP contribution in [0.1, 0.15) is 80.8 Å². The second-order valence-electron chi connectivity index (χ2n) is 8.77.